The van der Waals surface area contributed by atoms with Gasteiger partial charge in [0.1, 0.15) is 25.0 Å². The first kappa shape index (κ1) is 17.7. The second kappa shape index (κ2) is 7.39. The topological polar surface area (TPSA) is 72.9 Å². The van der Waals surface area contributed by atoms with Gasteiger partial charge in [-0.15, -0.1) is 0 Å². The third-order valence-corrected chi connectivity index (χ3v) is 4.17. The fourth-order valence-electron chi connectivity index (χ4n) is 2.72. The van der Waals surface area contributed by atoms with Crippen molar-refractivity contribution in [1.82, 2.24) is 4.90 Å². The van der Waals surface area contributed by atoms with Gasteiger partial charge in [0.05, 0.1) is 11.1 Å². The first-order valence-corrected chi connectivity index (χ1v) is 8.32. The van der Waals surface area contributed by atoms with Gasteiger partial charge >= 0.3 is 5.97 Å². The fourth-order valence-corrected chi connectivity index (χ4v) is 2.72. The first-order valence-electron chi connectivity index (χ1n) is 8.32. The van der Waals surface area contributed by atoms with Crippen molar-refractivity contribution in [1.29, 1.82) is 0 Å². The minimum atomic E-state index is -0.998. The van der Waals surface area contributed by atoms with Crippen LogP contribution in [0.15, 0.2) is 48.5 Å². The van der Waals surface area contributed by atoms with Crippen LogP contribution in [0.5, 0.6) is 5.75 Å². The summed E-state index contributed by atoms with van der Waals surface area (Å²) in [7, 11) is 0. The molecule has 6 heteroatoms. The third-order valence-electron chi connectivity index (χ3n) is 4.17. The normalized spacial score (nSPS) is 14.2. The van der Waals surface area contributed by atoms with Crippen LogP contribution in [0, 0.1) is 6.92 Å². The maximum Gasteiger partial charge on any atom is 0.329 e. The van der Waals surface area contributed by atoms with Crippen molar-refractivity contribution in [3.63, 3.8) is 0 Å². The number of carbonyl (C=O) groups is 3. The molecule has 1 aliphatic heterocycles. The number of carbonyl (C=O) groups excluding carboxylic acids is 3. The highest BCUT2D eigenvalue weighted by molar-refractivity contribution is 6.22. The van der Waals surface area contributed by atoms with Crippen LogP contribution in [0.2, 0.25) is 0 Å². The molecule has 0 spiro atoms. The summed E-state index contributed by atoms with van der Waals surface area (Å²) in [5.41, 5.74) is 1.73. The average molecular weight is 353 g/mol. The molecular formula is C20H19NO5. The molecule has 1 aliphatic rings. The molecule has 1 atom stereocenters. The molecular weight excluding hydrogens is 334 g/mol. The van der Waals surface area contributed by atoms with E-state index >= 15 is 0 Å². The highest BCUT2D eigenvalue weighted by Crippen LogP contribution is 2.24. The van der Waals surface area contributed by atoms with Crippen molar-refractivity contribution >= 4 is 17.8 Å². The van der Waals surface area contributed by atoms with E-state index in [1.54, 1.807) is 24.3 Å². The molecule has 0 fully saturated rings. The monoisotopic (exact) mass is 353 g/mol. The van der Waals surface area contributed by atoms with Crippen LogP contribution in [0.4, 0.5) is 0 Å². The van der Waals surface area contributed by atoms with Crippen LogP contribution in [0.1, 0.15) is 33.2 Å². The van der Waals surface area contributed by atoms with Crippen LogP contribution in [-0.2, 0) is 9.53 Å². The maximum absolute atomic E-state index is 12.4. The Balaban J connectivity index is 1.53. The Hall–Kier alpha value is -3.15. The number of fused-ring (bicyclic) bond motifs is 1. The van der Waals surface area contributed by atoms with Gasteiger partial charge in [-0.3, -0.25) is 14.5 Å². The molecule has 0 unspecified atom stereocenters. The molecule has 0 saturated heterocycles. The summed E-state index contributed by atoms with van der Waals surface area (Å²) in [5, 5.41) is 0. The zero-order valence-electron chi connectivity index (χ0n) is 14.6. The van der Waals surface area contributed by atoms with E-state index in [4.69, 9.17) is 9.47 Å². The van der Waals surface area contributed by atoms with Gasteiger partial charge in [-0.2, -0.15) is 0 Å². The molecule has 0 aliphatic carbocycles. The molecule has 2 aromatic rings. The molecule has 0 bridgehead atoms. The molecule has 0 saturated carbocycles. The number of esters is 1. The average Bonchev–Trinajstić information content (AvgIpc) is 2.90. The van der Waals surface area contributed by atoms with E-state index in [9.17, 15) is 14.4 Å². The van der Waals surface area contributed by atoms with Crippen molar-refractivity contribution in [3.8, 4) is 5.75 Å². The Kier molecular flexibility index (Phi) is 5.02. The van der Waals surface area contributed by atoms with Crippen LogP contribution < -0.4 is 4.74 Å². The van der Waals surface area contributed by atoms with E-state index in [0.29, 0.717) is 16.9 Å². The zero-order chi connectivity index (χ0) is 18.7. The summed E-state index contributed by atoms with van der Waals surface area (Å²) in [6.45, 7) is 3.67. The van der Waals surface area contributed by atoms with Gasteiger partial charge in [0.15, 0.2) is 0 Å². The van der Waals surface area contributed by atoms with Gasteiger partial charge < -0.3 is 9.47 Å². The van der Waals surface area contributed by atoms with E-state index in [-0.39, 0.29) is 13.2 Å². The molecule has 26 heavy (non-hydrogen) atoms. The van der Waals surface area contributed by atoms with Crippen LogP contribution in [0.3, 0.4) is 0 Å². The zero-order valence-corrected chi connectivity index (χ0v) is 14.6. The summed E-state index contributed by atoms with van der Waals surface area (Å²) in [4.78, 5) is 37.9. The Labute approximate surface area is 151 Å². The number of imide groups is 1. The van der Waals surface area contributed by atoms with E-state index in [0.717, 1.165) is 10.5 Å². The second-order valence-electron chi connectivity index (χ2n) is 6.03. The minimum Gasteiger partial charge on any atom is -0.490 e. The van der Waals surface area contributed by atoms with Crippen LogP contribution in [0.25, 0.3) is 0 Å². The van der Waals surface area contributed by atoms with Crippen molar-refractivity contribution in [2.24, 2.45) is 0 Å². The lowest BCUT2D eigenvalue weighted by Gasteiger charge is -2.20. The van der Waals surface area contributed by atoms with Crippen molar-refractivity contribution < 1.29 is 23.9 Å². The summed E-state index contributed by atoms with van der Waals surface area (Å²) >= 11 is 0. The Morgan fingerprint density at radius 1 is 0.962 bits per heavy atom. The fraction of sp³-hybridized carbons (Fsp3) is 0.250. The molecule has 0 aromatic heterocycles. The molecule has 134 valence electrons. The Bertz CT molecular complexity index is 809. The number of ether oxygens (including phenoxy) is 2. The summed E-state index contributed by atoms with van der Waals surface area (Å²) in [5.74, 6) is -0.927. The smallest absolute Gasteiger partial charge is 0.329 e. The minimum absolute atomic E-state index is 0.0280. The molecule has 0 radical (unpaired) electrons. The van der Waals surface area contributed by atoms with Gasteiger partial charge in [0, 0.05) is 0 Å². The van der Waals surface area contributed by atoms with Crippen molar-refractivity contribution in [3.05, 3.63) is 65.2 Å². The van der Waals surface area contributed by atoms with Gasteiger partial charge in [-0.1, -0.05) is 29.8 Å². The number of benzene rings is 2. The van der Waals surface area contributed by atoms with E-state index < -0.39 is 23.8 Å². The van der Waals surface area contributed by atoms with E-state index in [1.165, 1.54) is 6.92 Å². The lowest BCUT2D eigenvalue weighted by atomic mass is 10.1. The standard InChI is InChI=1S/C20H19NO5/c1-13-7-9-15(10-8-13)25-11-12-26-20(24)14(2)21-18(22)16-5-3-4-6-17(16)19(21)23/h3-10,14H,11-12H2,1-2H3/t14-/m1/s1. The first-order chi connectivity index (χ1) is 12.5. The number of hydrogen-bond acceptors (Lipinski definition) is 5. The molecule has 1 heterocycles. The predicted molar refractivity (Wildman–Crippen MR) is 94.0 cm³/mol. The quantitative estimate of drug-likeness (QED) is 0.453. The van der Waals surface area contributed by atoms with Gasteiger partial charge in [0.25, 0.3) is 11.8 Å². The van der Waals surface area contributed by atoms with E-state index in [2.05, 4.69) is 0 Å². The van der Waals surface area contributed by atoms with Gasteiger partial charge in [0.2, 0.25) is 0 Å². The SMILES string of the molecule is Cc1ccc(OCCOC(=O)[C@@H](C)N2C(=O)c3ccccc3C2=O)cc1. The summed E-state index contributed by atoms with van der Waals surface area (Å²) < 4.78 is 10.6. The highest BCUT2D eigenvalue weighted by atomic mass is 16.6. The maximum atomic E-state index is 12.4. The molecule has 2 amide bonds. The highest BCUT2D eigenvalue weighted by Gasteiger charge is 2.41. The van der Waals surface area contributed by atoms with Crippen molar-refractivity contribution in [2.75, 3.05) is 13.2 Å². The molecule has 6 nitrogen and oxygen atoms in total. The predicted octanol–water partition coefficient (Wildman–Crippen LogP) is 2.60. The molecule has 2 aromatic carbocycles. The molecule has 0 N–H and O–H groups in total. The second-order valence-corrected chi connectivity index (χ2v) is 6.03. The van der Waals surface area contributed by atoms with Crippen LogP contribution in [-0.4, -0.2) is 41.9 Å². The van der Waals surface area contributed by atoms with Crippen LogP contribution >= 0.6 is 0 Å². The number of nitrogens with zero attached hydrogens (tertiary/aromatic N) is 1. The summed E-state index contributed by atoms with van der Waals surface area (Å²) in [6, 6.07) is 13.0. The number of aryl methyl sites for hydroxylation is 1. The molecule has 3 rings (SSSR count). The van der Waals surface area contributed by atoms with Crippen molar-refractivity contribution in [2.45, 2.75) is 19.9 Å². The third kappa shape index (κ3) is 3.44. The number of amides is 2. The lowest BCUT2D eigenvalue weighted by Crippen LogP contribution is -2.44. The lowest BCUT2D eigenvalue weighted by molar-refractivity contribution is -0.148. The van der Waals surface area contributed by atoms with Gasteiger partial charge in [-0.05, 0) is 38.1 Å². The van der Waals surface area contributed by atoms with E-state index in [1.807, 2.05) is 31.2 Å². The number of rotatable bonds is 6. The Morgan fingerprint density at radius 3 is 2.12 bits per heavy atom. The summed E-state index contributed by atoms with van der Waals surface area (Å²) in [6.07, 6.45) is 0. The largest absolute Gasteiger partial charge is 0.490 e. The number of hydrogen-bond donors (Lipinski definition) is 0. The van der Waals surface area contributed by atoms with Gasteiger partial charge in [-0.25, -0.2) is 4.79 Å². The Morgan fingerprint density at radius 2 is 1.54 bits per heavy atom.